The number of allylic oxidation sites excluding steroid dienone is 3. The topological polar surface area (TPSA) is 70.5 Å². The number of aromatic nitrogens is 2. The van der Waals surface area contributed by atoms with Gasteiger partial charge in [0.1, 0.15) is 11.6 Å². The Morgan fingerprint density at radius 1 is 1.00 bits per heavy atom. The molecule has 5 rings (SSSR count). The van der Waals surface area contributed by atoms with Crippen LogP contribution in [0.1, 0.15) is 49.6 Å². The molecule has 1 aromatic heterocycles. The zero-order valence-electron chi connectivity index (χ0n) is 22.7. The van der Waals surface area contributed by atoms with Crippen LogP contribution in [0.2, 0.25) is 0 Å². The van der Waals surface area contributed by atoms with E-state index in [2.05, 4.69) is 47.5 Å². The molecule has 1 aliphatic heterocycles. The van der Waals surface area contributed by atoms with Gasteiger partial charge in [-0.05, 0) is 43.0 Å². The largest absolute Gasteiger partial charge is 0.389 e. The zero-order valence-corrected chi connectivity index (χ0v) is 22.7. The van der Waals surface area contributed by atoms with Crippen LogP contribution in [0.25, 0.3) is 10.9 Å². The highest BCUT2D eigenvalue weighted by Crippen LogP contribution is 2.30. The molecule has 0 bridgehead atoms. The van der Waals surface area contributed by atoms with Crippen LogP contribution in [0.5, 0.6) is 0 Å². The number of aliphatic hydroxyl groups excluding tert-OH is 1. The van der Waals surface area contributed by atoms with Crippen molar-refractivity contribution in [2.45, 2.75) is 52.2 Å². The number of methoxy groups -OCH3 is 1. The number of benzene rings is 2. The Bertz CT molecular complexity index is 1140. The summed E-state index contributed by atoms with van der Waals surface area (Å²) >= 11 is 0. The Morgan fingerprint density at radius 3 is 2.46 bits per heavy atom. The number of aryl methyl sites for hydroxylation is 1. The van der Waals surface area contributed by atoms with Gasteiger partial charge in [-0.2, -0.15) is 0 Å². The van der Waals surface area contributed by atoms with Gasteiger partial charge < -0.3 is 20.1 Å². The van der Waals surface area contributed by atoms with Crippen molar-refractivity contribution in [3.63, 3.8) is 0 Å². The fourth-order valence-corrected chi connectivity index (χ4v) is 4.43. The number of nitrogens with zero attached hydrogens (tertiary/aromatic N) is 3. The highest BCUT2D eigenvalue weighted by Gasteiger charge is 2.21. The molecular weight excluding hydrogens is 460 g/mol. The van der Waals surface area contributed by atoms with E-state index in [4.69, 9.17) is 14.7 Å². The van der Waals surface area contributed by atoms with Crippen molar-refractivity contribution in [1.29, 1.82) is 0 Å². The second-order valence-corrected chi connectivity index (χ2v) is 9.08. The average Bonchev–Trinajstić information content (AvgIpc) is 2.92. The smallest absolute Gasteiger partial charge is 0.140 e. The molecule has 2 N–H and O–H groups in total. The molecule has 6 heteroatoms. The standard InChI is InChI=1S/C21H26N4O.C8H10O.C2H6/c1-15-7-8-18-19(13-15)23-20(16-5-3-2-4-6-17(26)14-16)24-21(18)25-11-9-22-10-12-25;1-9-7-8-5-3-2-4-6-8;1-2/h3-8,13,16-17,22,26H,2,9-12,14H2,1H3;2-6H,7H2,1H3;1-2H3/b5-3-,6-4-;;. The summed E-state index contributed by atoms with van der Waals surface area (Å²) < 4.78 is 4.93. The molecule has 2 atom stereocenters. The summed E-state index contributed by atoms with van der Waals surface area (Å²) in [5.41, 5.74) is 3.41. The van der Waals surface area contributed by atoms with E-state index < -0.39 is 6.10 Å². The number of anilines is 1. The van der Waals surface area contributed by atoms with Crippen molar-refractivity contribution in [1.82, 2.24) is 15.3 Å². The molecule has 0 saturated carbocycles. The third-order valence-corrected chi connectivity index (χ3v) is 6.25. The van der Waals surface area contributed by atoms with Crippen LogP contribution >= 0.6 is 0 Å². The van der Waals surface area contributed by atoms with Gasteiger partial charge in [0, 0.05) is 44.6 Å². The predicted molar refractivity (Wildman–Crippen MR) is 154 cm³/mol. The van der Waals surface area contributed by atoms with E-state index in [1.54, 1.807) is 7.11 Å². The number of aliphatic hydroxyl groups is 1. The second kappa shape index (κ2) is 15.3. The van der Waals surface area contributed by atoms with Crippen LogP contribution in [0.4, 0.5) is 5.82 Å². The van der Waals surface area contributed by atoms with Crippen LogP contribution in [0, 0.1) is 6.92 Å². The summed E-state index contributed by atoms with van der Waals surface area (Å²) in [7, 11) is 1.70. The van der Waals surface area contributed by atoms with Crippen molar-refractivity contribution in [3.8, 4) is 0 Å². The molecule has 3 aromatic rings. The molecule has 2 unspecified atom stereocenters. The lowest BCUT2D eigenvalue weighted by Crippen LogP contribution is -2.44. The third-order valence-electron chi connectivity index (χ3n) is 6.25. The van der Waals surface area contributed by atoms with E-state index in [-0.39, 0.29) is 5.92 Å². The SMILES string of the molecule is CC.COCc1ccccc1.Cc1ccc2c(N3CCNCC3)nc(C3/C=C\C/C=C\C(O)C3)nc2c1. The number of hydrogen-bond donors (Lipinski definition) is 2. The van der Waals surface area contributed by atoms with Crippen molar-refractivity contribution in [2.24, 2.45) is 0 Å². The Kier molecular flexibility index (Phi) is 11.8. The fraction of sp³-hybridized carbons (Fsp3) is 0.419. The number of fused-ring (bicyclic) bond motifs is 1. The molecule has 37 heavy (non-hydrogen) atoms. The van der Waals surface area contributed by atoms with E-state index >= 15 is 0 Å². The molecule has 2 aromatic carbocycles. The van der Waals surface area contributed by atoms with Crippen molar-refractivity contribution in [3.05, 3.63) is 89.8 Å². The Balaban J connectivity index is 0.000000291. The lowest BCUT2D eigenvalue weighted by Gasteiger charge is -2.30. The molecule has 0 radical (unpaired) electrons. The minimum atomic E-state index is -0.454. The molecule has 1 aliphatic carbocycles. The molecule has 0 amide bonds. The van der Waals surface area contributed by atoms with Gasteiger partial charge in [-0.3, -0.25) is 0 Å². The molecule has 1 fully saturated rings. The van der Waals surface area contributed by atoms with E-state index in [0.29, 0.717) is 13.0 Å². The summed E-state index contributed by atoms with van der Waals surface area (Å²) in [6.45, 7) is 10.6. The van der Waals surface area contributed by atoms with Crippen LogP contribution in [0.3, 0.4) is 0 Å². The first-order chi connectivity index (χ1) is 18.1. The summed E-state index contributed by atoms with van der Waals surface area (Å²) in [5, 5.41) is 14.7. The first kappa shape index (κ1) is 28.5. The molecule has 0 spiro atoms. The molecule has 6 nitrogen and oxygen atoms in total. The summed E-state index contributed by atoms with van der Waals surface area (Å²) in [4.78, 5) is 12.2. The quantitative estimate of drug-likeness (QED) is 0.456. The maximum atomic E-state index is 10.2. The van der Waals surface area contributed by atoms with Crippen molar-refractivity contribution >= 4 is 16.7 Å². The van der Waals surface area contributed by atoms with Gasteiger partial charge in [0.15, 0.2) is 0 Å². The van der Waals surface area contributed by atoms with Gasteiger partial charge in [0.25, 0.3) is 0 Å². The van der Waals surface area contributed by atoms with Crippen molar-refractivity contribution < 1.29 is 9.84 Å². The average molecular weight is 503 g/mol. The first-order valence-electron chi connectivity index (χ1n) is 13.4. The summed E-state index contributed by atoms with van der Waals surface area (Å²) in [6.07, 6.45) is 9.17. The lowest BCUT2D eigenvalue weighted by atomic mass is 9.97. The van der Waals surface area contributed by atoms with E-state index in [0.717, 1.165) is 55.1 Å². The van der Waals surface area contributed by atoms with Crippen LogP contribution in [-0.4, -0.2) is 54.5 Å². The molecular formula is C31H42N4O2. The Morgan fingerprint density at radius 2 is 1.73 bits per heavy atom. The number of nitrogens with one attached hydrogen (secondary N) is 1. The van der Waals surface area contributed by atoms with E-state index in [1.165, 1.54) is 11.1 Å². The van der Waals surface area contributed by atoms with Gasteiger partial charge in [-0.15, -0.1) is 0 Å². The number of ether oxygens (including phenoxy) is 1. The summed E-state index contributed by atoms with van der Waals surface area (Å²) in [6, 6.07) is 16.5. The number of hydrogen-bond acceptors (Lipinski definition) is 6. The normalized spacial score (nSPS) is 20.9. The first-order valence-corrected chi connectivity index (χ1v) is 13.4. The summed E-state index contributed by atoms with van der Waals surface area (Å²) in [5.74, 6) is 1.86. The van der Waals surface area contributed by atoms with Crippen LogP contribution in [0.15, 0.2) is 72.8 Å². The van der Waals surface area contributed by atoms with Gasteiger partial charge in [0.2, 0.25) is 0 Å². The van der Waals surface area contributed by atoms with Gasteiger partial charge in [-0.25, -0.2) is 9.97 Å². The van der Waals surface area contributed by atoms with Gasteiger partial charge in [-0.1, -0.05) is 74.5 Å². The predicted octanol–water partition coefficient (Wildman–Crippen LogP) is 5.56. The lowest BCUT2D eigenvalue weighted by molar-refractivity contribution is 0.185. The second-order valence-electron chi connectivity index (χ2n) is 9.08. The van der Waals surface area contributed by atoms with E-state index in [1.807, 2.05) is 56.3 Å². The third kappa shape index (κ3) is 8.49. The Labute approximate surface area is 222 Å². The minimum Gasteiger partial charge on any atom is -0.389 e. The van der Waals surface area contributed by atoms with E-state index in [9.17, 15) is 5.11 Å². The zero-order chi connectivity index (χ0) is 26.5. The van der Waals surface area contributed by atoms with Crippen molar-refractivity contribution in [2.75, 3.05) is 38.2 Å². The van der Waals surface area contributed by atoms with Crippen LogP contribution < -0.4 is 10.2 Å². The Hall–Kier alpha value is -3.06. The highest BCUT2D eigenvalue weighted by atomic mass is 16.5. The molecule has 2 aliphatic rings. The maximum absolute atomic E-state index is 10.2. The maximum Gasteiger partial charge on any atom is 0.140 e. The molecule has 1 saturated heterocycles. The highest BCUT2D eigenvalue weighted by molar-refractivity contribution is 5.90. The number of rotatable bonds is 4. The fourth-order valence-electron chi connectivity index (χ4n) is 4.43. The van der Waals surface area contributed by atoms with Gasteiger partial charge in [0.05, 0.1) is 18.2 Å². The molecule has 2 heterocycles. The monoisotopic (exact) mass is 502 g/mol. The van der Waals surface area contributed by atoms with Gasteiger partial charge >= 0.3 is 0 Å². The minimum absolute atomic E-state index is 0.0292. The molecule has 198 valence electrons. The number of piperazine rings is 1. The van der Waals surface area contributed by atoms with Crippen LogP contribution in [-0.2, 0) is 11.3 Å².